The van der Waals surface area contributed by atoms with Crippen molar-refractivity contribution in [1.29, 1.82) is 0 Å². The number of fused-ring (bicyclic) bond motifs is 1. The highest BCUT2D eigenvalue weighted by molar-refractivity contribution is 5.75. The number of amides is 2. The predicted molar refractivity (Wildman–Crippen MR) is 105 cm³/mol. The molecule has 2 aliphatic heterocycles. The van der Waals surface area contributed by atoms with E-state index >= 15 is 0 Å². The van der Waals surface area contributed by atoms with Crippen LogP contribution in [0.3, 0.4) is 0 Å². The minimum Gasteiger partial charge on any atom is -0.331 e. The van der Waals surface area contributed by atoms with Crippen LogP contribution in [0.2, 0.25) is 0 Å². The van der Waals surface area contributed by atoms with Crippen LogP contribution in [-0.2, 0) is 6.54 Å². The van der Waals surface area contributed by atoms with Crippen molar-refractivity contribution in [3.63, 3.8) is 0 Å². The van der Waals surface area contributed by atoms with E-state index in [1.165, 1.54) is 11.8 Å². The van der Waals surface area contributed by atoms with Crippen molar-refractivity contribution in [2.24, 2.45) is 11.8 Å². The summed E-state index contributed by atoms with van der Waals surface area (Å²) >= 11 is 0. The summed E-state index contributed by atoms with van der Waals surface area (Å²) in [6.45, 7) is 6.48. The first-order valence-corrected chi connectivity index (χ1v) is 9.88. The lowest BCUT2D eigenvalue weighted by Crippen LogP contribution is -2.41. The van der Waals surface area contributed by atoms with Crippen molar-refractivity contribution in [3.05, 3.63) is 53.6 Å². The number of urea groups is 1. The van der Waals surface area contributed by atoms with Gasteiger partial charge in [0, 0.05) is 58.1 Å². The van der Waals surface area contributed by atoms with Gasteiger partial charge in [0.25, 0.3) is 0 Å². The molecule has 2 fully saturated rings. The first-order chi connectivity index (χ1) is 13.4. The molecular formula is C21H28FN5O. The van der Waals surface area contributed by atoms with E-state index in [4.69, 9.17) is 0 Å². The highest BCUT2D eigenvalue weighted by atomic mass is 19.1. The molecule has 0 radical (unpaired) electrons. The topological polar surface area (TPSA) is 44.6 Å². The van der Waals surface area contributed by atoms with Crippen molar-refractivity contribution in [3.8, 4) is 0 Å². The van der Waals surface area contributed by atoms with Gasteiger partial charge >= 0.3 is 6.03 Å². The largest absolute Gasteiger partial charge is 0.331 e. The van der Waals surface area contributed by atoms with E-state index in [1.807, 2.05) is 27.9 Å². The molecule has 0 N–H and O–H groups in total. The number of carbonyl (C=O) groups excluding carboxylic acids is 1. The van der Waals surface area contributed by atoms with Crippen LogP contribution in [0.1, 0.15) is 17.3 Å². The molecule has 2 amide bonds. The number of hydrogen-bond acceptors (Lipinski definition) is 3. The molecule has 28 heavy (non-hydrogen) atoms. The van der Waals surface area contributed by atoms with Gasteiger partial charge in [-0.05, 0) is 36.6 Å². The van der Waals surface area contributed by atoms with Gasteiger partial charge in [-0.3, -0.25) is 4.68 Å². The molecule has 0 bridgehead atoms. The molecular weight excluding hydrogens is 357 g/mol. The summed E-state index contributed by atoms with van der Waals surface area (Å²) in [5.74, 6) is 0.488. The van der Waals surface area contributed by atoms with Crippen LogP contribution >= 0.6 is 0 Å². The van der Waals surface area contributed by atoms with Gasteiger partial charge < -0.3 is 14.7 Å². The van der Waals surface area contributed by atoms with Crippen molar-refractivity contribution >= 4 is 6.03 Å². The van der Waals surface area contributed by atoms with Gasteiger partial charge in [-0.25, -0.2) is 9.18 Å². The van der Waals surface area contributed by atoms with Gasteiger partial charge in [-0.1, -0.05) is 12.1 Å². The van der Waals surface area contributed by atoms with Crippen molar-refractivity contribution < 1.29 is 9.18 Å². The Balaban J connectivity index is 1.52. The maximum absolute atomic E-state index is 13.9. The lowest BCUT2D eigenvalue weighted by molar-refractivity contribution is 0.151. The lowest BCUT2D eigenvalue weighted by atomic mass is 9.89. The average molecular weight is 385 g/mol. The molecule has 0 spiro atoms. The van der Waals surface area contributed by atoms with Crippen LogP contribution < -0.4 is 0 Å². The maximum atomic E-state index is 13.9. The van der Waals surface area contributed by atoms with E-state index in [0.717, 1.165) is 38.3 Å². The van der Waals surface area contributed by atoms with Crippen molar-refractivity contribution in [1.82, 2.24) is 24.5 Å². The van der Waals surface area contributed by atoms with Crippen LogP contribution in [0, 0.1) is 24.6 Å². The quantitative estimate of drug-likeness (QED) is 0.813. The zero-order valence-electron chi connectivity index (χ0n) is 16.8. The van der Waals surface area contributed by atoms with Crippen LogP contribution in [0.5, 0.6) is 0 Å². The van der Waals surface area contributed by atoms with E-state index in [9.17, 15) is 9.18 Å². The second-order valence-electron chi connectivity index (χ2n) is 8.21. The third kappa shape index (κ3) is 3.51. The Morgan fingerprint density at radius 1 is 1.21 bits per heavy atom. The molecule has 0 unspecified atom stereocenters. The Labute approximate surface area is 165 Å². The number of aromatic nitrogens is 2. The average Bonchev–Trinajstić information content (AvgIpc) is 3.32. The summed E-state index contributed by atoms with van der Waals surface area (Å²) in [4.78, 5) is 18.8. The van der Waals surface area contributed by atoms with Crippen molar-refractivity contribution in [2.45, 2.75) is 19.5 Å². The Hall–Kier alpha value is -2.41. The molecule has 4 rings (SSSR count). The summed E-state index contributed by atoms with van der Waals surface area (Å²) in [5, 5.41) is 4.37. The van der Waals surface area contributed by atoms with Gasteiger partial charge in [0.2, 0.25) is 0 Å². The SMILES string of the molecule is Cc1ccnn1CCN1C[C@@H]2CN(C(=O)N(C)C)[C@H](c3cccc(F)c3)[C@@H]2C1. The molecule has 6 nitrogen and oxygen atoms in total. The maximum Gasteiger partial charge on any atom is 0.320 e. The molecule has 2 aliphatic rings. The smallest absolute Gasteiger partial charge is 0.320 e. The van der Waals surface area contributed by atoms with Crippen LogP contribution in [0.25, 0.3) is 0 Å². The molecule has 3 heterocycles. The molecule has 0 saturated carbocycles. The Kier molecular flexibility index (Phi) is 5.10. The standard InChI is InChI=1S/C21H28FN5O/c1-15-7-8-23-27(15)10-9-25-12-17-13-26(21(28)24(2)3)20(19(17)14-25)16-5-4-6-18(22)11-16/h4-8,11,17,19-20H,9-10,12-14H2,1-3H3/t17-,19-,20-/m1/s1. The van der Waals surface area contributed by atoms with E-state index in [-0.39, 0.29) is 17.9 Å². The molecule has 2 saturated heterocycles. The number of rotatable bonds is 4. The number of halogens is 1. The van der Waals surface area contributed by atoms with Gasteiger partial charge in [0.05, 0.1) is 12.6 Å². The predicted octanol–water partition coefficient (Wildman–Crippen LogP) is 2.62. The fourth-order valence-corrected chi connectivity index (χ4v) is 4.76. The van der Waals surface area contributed by atoms with Crippen LogP contribution in [0.15, 0.2) is 36.5 Å². The highest BCUT2D eigenvalue weighted by Gasteiger charge is 2.49. The monoisotopic (exact) mass is 385 g/mol. The highest BCUT2D eigenvalue weighted by Crippen LogP contribution is 2.45. The Morgan fingerprint density at radius 3 is 2.71 bits per heavy atom. The fraction of sp³-hybridized carbons (Fsp3) is 0.524. The third-order valence-corrected chi connectivity index (χ3v) is 6.12. The summed E-state index contributed by atoms with van der Waals surface area (Å²) in [6.07, 6.45) is 1.83. The van der Waals surface area contributed by atoms with Gasteiger partial charge in [0.1, 0.15) is 5.82 Å². The summed E-state index contributed by atoms with van der Waals surface area (Å²) in [7, 11) is 3.55. The van der Waals surface area contributed by atoms with Gasteiger partial charge in [0.15, 0.2) is 0 Å². The Morgan fingerprint density at radius 2 is 2.04 bits per heavy atom. The second kappa shape index (κ2) is 7.54. The molecule has 1 aromatic heterocycles. The molecule has 2 aromatic rings. The van der Waals surface area contributed by atoms with Gasteiger partial charge in [-0.2, -0.15) is 5.10 Å². The number of hydrogen-bond donors (Lipinski definition) is 0. The first-order valence-electron chi connectivity index (χ1n) is 9.88. The minimum atomic E-state index is -0.248. The van der Waals surface area contributed by atoms with Gasteiger partial charge in [-0.15, -0.1) is 0 Å². The lowest BCUT2D eigenvalue weighted by Gasteiger charge is -2.32. The third-order valence-electron chi connectivity index (χ3n) is 6.12. The summed E-state index contributed by atoms with van der Waals surface area (Å²) in [6, 6.07) is 8.67. The van der Waals surface area contributed by atoms with Crippen molar-refractivity contribution in [2.75, 3.05) is 40.3 Å². The minimum absolute atomic E-state index is 0.00220. The molecule has 1 aromatic carbocycles. The Bertz CT molecular complexity index is 851. The summed E-state index contributed by atoms with van der Waals surface area (Å²) in [5.41, 5.74) is 2.06. The normalized spacial score (nSPS) is 24.6. The second-order valence-corrected chi connectivity index (χ2v) is 8.21. The number of carbonyl (C=O) groups is 1. The zero-order chi connectivity index (χ0) is 19.8. The zero-order valence-corrected chi connectivity index (χ0v) is 16.8. The summed E-state index contributed by atoms with van der Waals surface area (Å²) < 4.78 is 15.9. The van der Waals surface area contributed by atoms with Crippen LogP contribution in [-0.4, -0.2) is 70.8 Å². The number of nitrogens with zero attached hydrogens (tertiary/aromatic N) is 5. The molecule has 3 atom stereocenters. The first kappa shape index (κ1) is 18.9. The number of aryl methyl sites for hydroxylation is 1. The molecule has 0 aliphatic carbocycles. The molecule has 7 heteroatoms. The number of benzene rings is 1. The van der Waals surface area contributed by atoms with E-state index in [1.54, 1.807) is 31.1 Å². The fourth-order valence-electron chi connectivity index (χ4n) is 4.76. The van der Waals surface area contributed by atoms with E-state index in [0.29, 0.717) is 11.8 Å². The number of likely N-dealkylation sites (tertiary alicyclic amines) is 2. The van der Waals surface area contributed by atoms with E-state index < -0.39 is 0 Å². The van der Waals surface area contributed by atoms with E-state index in [2.05, 4.69) is 16.9 Å². The van der Waals surface area contributed by atoms with Crippen LogP contribution in [0.4, 0.5) is 9.18 Å². The molecule has 150 valence electrons.